The van der Waals surface area contributed by atoms with Gasteiger partial charge < -0.3 is 45.1 Å². The summed E-state index contributed by atoms with van der Waals surface area (Å²) in [6.07, 6.45) is 47.7. The largest absolute Gasteiger partial charge is 0.466 e. The molecule has 0 spiro atoms. The molecule has 7 atom stereocenters. The predicted octanol–water partition coefficient (Wildman–Crippen LogP) is 11.5. The van der Waals surface area contributed by atoms with Crippen molar-refractivity contribution in [2.75, 3.05) is 19.8 Å². The van der Waals surface area contributed by atoms with Crippen molar-refractivity contribution in [1.82, 2.24) is 5.32 Å². The van der Waals surface area contributed by atoms with Crippen LogP contribution in [0.5, 0.6) is 0 Å². The van der Waals surface area contributed by atoms with Gasteiger partial charge in [-0.3, -0.25) is 9.59 Å². The molecule has 67 heavy (non-hydrogen) atoms. The summed E-state index contributed by atoms with van der Waals surface area (Å²) in [7, 11) is 0. The van der Waals surface area contributed by atoms with Crippen LogP contribution in [0.2, 0.25) is 0 Å². The number of carbonyl (C=O) groups is 2. The van der Waals surface area contributed by atoms with E-state index >= 15 is 0 Å². The molecule has 11 nitrogen and oxygen atoms in total. The second-order valence-electron chi connectivity index (χ2n) is 18.6. The van der Waals surface area contributed by atoms with Gasteiger partial charge in [0.1, 0.15) is 24.4 Å². The quantitative estimate of drug-likeness (QED) is 0.0196. The van der Waals surface area contributed by atoms with Gasteiger partial charge in [0.2, 0.25) is 5.91 Å². The van der Waals surface area contributed by atoms with Crippen LogP contribution in [0, 0.1) is 0 Å². The van der Waals surface area contributed by atoms with E-state index in [1.54, 1.807) is 6.08 Å². The summed E-state index contributed by atoms with van der Waals surface area (Å²) in [4.78, 5) is 25.0. The van der Waals surface area contributed by atoms with Gasteiger partial charge in [-0.1, -0.05) is 158 Å². The van der Waals surface area contributed by atoms with Gasteiger partial charge in [0, 0.05) is 12.8 Å². The molecule has 388 valence electrons. The Bertz CT molecular complexity index is 1300. The minimum atomic E-state index is -1.59. The van der Waals surface area contributed by atoms with Gasteiger partial charge in [-0.05, 0) is 110 Å². The lowest BCUT2D eigenvalue weighted by molar-refractivity contribution is -0.302. The fourth-order valence-corrected chi connectivity index (χ4v) is 8.05. The van der Waals surface area contributed by atoms with Gasteiger partial charge >= 0.3 is 5.97 Å². The van der Waals surface area contributed by atoms with Crippen molar-refractivity contribution in [3.8, 4) is 0 Å². The minimum Gasteiger partial charge on any atom is -0.466 e. The molecular weight excluding hydrogens is 847 g/mol. The van der Waals surface area contributed by atoms with E-state index < -0.39 is 49.5 Å². The minimum absolute atomic E-state index is 0.0531. The highest BCUT2D eigenvalue weighted by Crippen LogP contribution is 2.23. The first-order valence-electron chi connectivity index (χ1n) is 27.0. The topological polar surface area (TPSA) is 175 Å². The number of aliphatic hydroxyl groups is 5. The number of hydrogen-bond donors (Lipinski definition) is 6. The highest BCUT2D eigenvalue weighted by Gasteiger charge is 2.44. The maximum absolute atomic E-state index is 12.9. The van der Waals surface area contributed by atoms with Crippen LogP contribution < -0.4 is 5.32 Å². The molecule has 0 aromatic rings. The molecule has 0 saturated carbocycles. The Morgan fingerprint density at radius 3 is 1.57 bits per heavy atom. The zero-order valence-electron chi connectivity index (χ0n) is 42.3. The summed E-state index contributed by atoms with van der Waals surface area (Å²) in [6, 6.07) is -0.853. The molecule has 1 heterocycles. The molecule has 0 bridgehead atoms. The maximum Gasteiger partial charge on any atom is 0.305 e. The molecule has 1 saturated heterocycles. The molecule has 1 aliphatic rings. The molecule has 0 radical (unpaired) electrons. The highest BCUT2D eigenvalue weighted by molar-refractivity contribution is 5.76. The fraction of sp³-hybridized carbons (Fsp3) is 0.786. The van der Waals surface area contributed by atoms with Crippen LogP contribution >= 0.6 is 0 Å². The van der Waals surface area contributed by atoms with Crippen molar-refractivity contribution in [2.24, 2.45) is 0 Å². The molecule has 0 aromatic carbocycles. The Morgan fingerprint density at radius 2 is 1.03 bits per heavy atom. The Morgan fingerprint density at radius 1 is 0.567 bits per heavy atom. The summed E-state index contributed by atoms with van der Waals surface area (Å²) in [5.74, 6) is -0.280. The Labute approximate surface area is 408 Å². The van der Waals surface area contributed by atoms with Crippen molar-refractivity contribution in [3.05, 3.63) is 60.8 Å². The van der Waals surface area contributed by atoms with Gasteiger partial charge in [0.25, 0.3) is 0 Å². The Kier molecular flexibility index (Phi) is 42.6. The first-order chi connectivity index (χ1) is 32.7. The van der Waals surface area contributed by atoms with E-state index in [1.807, 2.05) is 19.1 Å². The van der Waals surface area contributed by atoms with E-state index in [4.69, 9.17) is 14.2 Å². The number of carbonyl (C=O) groups excluding carboxylic acids is 2. The van der Waals surface area contributed by atoms with Crippen LogP contribution in [0.25, 0.3) is 0 Å². The highest BCUT2D eigenvalue weighted by atomic mass is 16.7. The van der Waals surface area contributed by atoms with Gasteiger partial charge in [0.05, 0.1) is 32.0 Å². The van der Waals surface area contributed by atoms with Crippen LogP contribution in [0.15, 0.2) is 60.8 Å². The zero-order valence-corrected chi connectivity index (χ0v) is 42.3. The Balaban J connectivity index is 2.11. The van der Waals surface area contributed by atoms with Crippen LogP contribution in [0.3, 0.4) is 0 Å². The summed E-state index contributed by atoms with van der Waals surface area (Å²) < 4.78 is 16.6. The lowest BCUT2D eigenvalue weighted by atomic mass is 9.99. The number of nitrogens with one attached hydrogen (secondary N) is 1. The number of amides is 1. The number of allylic oxidation sites excluding steroid dienone is 9. The summed E-state index contributed by atoms with van der Waals surface area (Å²) in [6.45, 7) is 3.98. The smallest absolute Gasteiger partial charge is 0.305 e. The number of rotatable bonds is 45. The average Bonchev–Trinajstić information content (AvgIpc) is 3.32. The molecule has 0 aromatic heterocycles. The maximum atomic E-state index is 12.9. The molecular formula is C56H99NO10. The normalized spacial score (nSPS) is 20.0. The molecule has 7 unspecified atom stereocenters. The third-order valence-corrected chi connectivity index (χ3v) is 12.4. The number of hydrogen-bond acceptors (Lipinski definition) is 10. The van der Waals surface area contributed by atoms with E-state index in [-0.39, 0.29) is 18.5 Å². The molecule has 1 rings (SSSR count). The molecule has 1 amide bonds. The number of esters is 1. The molecule has 11 heteroatoms. The summed E-state index contributed by atoms with van der Waals surface area (Å²) in [5, 5.41) is 54.0. The lowest BCUT2D eigenvalue weighted by Gasteiger charge is -2.40. The third kappa shape index (κ3) is 36.0. The summed E-state index contributed by atoms with van der Waals surface area (Å²) >= 11 is 0. The van der Waals surface area contributed by atoms with Crippen LogP contribution in [0.4, 0.5) is 0 Å². The van der Waals surface area contributed by atoms with Crippen molar-refractivity contribution in [2.45, 2.75) is 262 Å². The zero-order chi connectivity index (χ0) is 48.8. The van der Waals surface area contributed by atoms with E-state index in [1.165, 1.54) is 89.9 Å². The van der Waals surface area contributed by atoms with Crippen molar-refractivity contribution >= 4 is 11.9 Å². The van der Waals surface area contributed by atoms with Crippen molar-refractivity contribution in [1.29, 1.82) is 0 Å². The number of unbranched alkanes of at least 4 members (excludes halogenated alkanes) is 24. The molecule has 6 N–H and O–H groups in total. The lowest BCUT2D eigenvalue weighted by Crippen LogP contribution is -2.60. The van der Waals surface area contributed by atoms with E-state index in [9.17, 15) is 35.1 Å². The van der Waals surface area contributed by atoms with Gasteiger partial charge in [-0.2, -0.15) is 0 Å². The standard InChI is InChI=1S/C56H99NO10/c1-3-5-7-9-11-13-14-15-16-17-18-19-20-24-28-32-36-40-44-52(61)65-45-41-37-33-29-25-22-21-23-27-31-35-39-43-51(60)57-48(49(59)42-38-34-30-26-12-10-8-6-4-2)47-66-56-55(64)54(63)53(62)50(46-58)67-56/h4,6,12,16-17,22,25-26,38,42,48-50,53-56,58-59,62-64H,3,5,7-11,13-15,18-21,23-24,27-37,39-41,43-47H2,1-2H3,(H,57,60)/b6-4+,17-16-,25-22-,26-12+,42-38+. The molecule has 0 aliphatic carbocycles. The molecule has 1 aliphatic heterocycles. The summed E-state index contributed by atoms with van der Waals surface area (Å²) in [5.41, 5.74) is 0. The van der Waals surface area contributed by atoms with Crippen molar-refractivity contribution < 1.29 is 49.3 Å². The SMILES string of the molecule is C/C=C/CC/C=C/CC/C=C/C(O)C(COC1OC(CO)C(O)C(O)C1O)NC(=O)CCCCCCC/C=C\CCCCCOC(=O)CCCCCCCCC/C=C\CCCCCCCCC. The van der Waals surface area contributed by atoms with Gasteiger partial charge in [-0.15, -0.1) is 0 Å². The van der Waals surface area contributed by atoms with Crippen LogP contribution in [-0.4, -0.2) is 100 Å². The van der Waals surface area contributed by atoms with Gasteiger partial charge in [0.15, 0.2) is 6.29 Å². The second kappa shape index (κ2) is 45.8. The van der Waals surface area contributed by atoms with Gasteiger partial charge in [-0.25, -0.2) is 0 Å². The average molecular weight is 946 g/mol. The first-order valence-corrected chi connectivity index (χ1v) is 27.0. The number of ether oxygens (including phenoxy) is 3. The monoisotopic (exact) mass is 946 g/mol. The van der Waals surface area contributed by atoms with Crippen LogP contribution in [0.1, 0.15) is 219 Å². The predicted molar refractivity (Wildman–Crippen MR) is 273 cm³/mol. The second-order valence-corrected chi connectivity index (χ2v) is 18.6. The van der Waals surface area contributed by atoms with E-state index in [2.05, 4.69) is 54.8 Å². The first kappa shape index (κ1) is 62.4. The van der Waals surface area contributed by atoms with E-state index in [0.717, 1.165) is 89.9 Å². The third-order valence-electron chi connectivity index (χ3n) is 12.4. The fourth-order valence-electron chi connectivity index (χ4n) is 8.05. The van der Waals surface area contributed by atoms with Crippen molar-refractivity contribution in [3.63, 3.8) is 0 Å². The van der Waals surface area contributed by atoms with E-state index in [0.29, 0.717) is 32.3 Å². The Hall–Kier alpha value is -2.64. The number of aliphatic hydroxyl groups excluding tert-OH is 5. The van der Waals surface area contributed by atoms with Crippen LogP contribution in [-0.2, 0) is 23.8 Å². The molecule has 1 fully saturated rings.